The predicted molar refractivity (Wildman–Crippen MR) is 30.0 cm³/mol. The highest BCUT2D eigenvalue weighted by Gasteiger charge is 1.78. The first-order valence-corrected chi connectivity index (χ1v) is 1.98. The lowest BCUT2D eigenvalue weighted by Crippen LogP contribution is -2.07. The Morgan fingerprint density at radius 3 is 2.57 bits per heavy atom. The third-order valence-electron chi connectivity index (χ3n) is 0.450. The van der Waals surface area contributed by atoms with Crippen molar-refractivity contribution in [3.63, 3.8) is 0 Å². The van der Waals surface area contributed by atoms with Crippen molar-refractivity contribution in [2.45, 2.75) is 0 Å². The molecule has 0 aliphatic rings. The predicted octanol–water partition coefficient (Wildman–Crippen LogP) is 0.791. The SMILES string of the molecule is C=CNCC(=C)O. The topological polar surface area (TPSA) is 32.3 Å². The molecule has 0 radical (unpaired) electrons. The van der Waals surface area contributed by atoms with Crippen molar-refractivity contribution in [3.05, 3.63) is 25.1 Å². The largest absolute Gasteiger partial charge is 0.511 e. The van der Waals surface area contributed by atoms with E-state index in [9.17, 15) is 0 Å². The second-order valence-electron chi connectivity index (χ2n) is 1.15. The van der Waals surface area contributed by atoms with Gasteiger partial charge < -0.3 is 10.4 Å². The summed E-state index contributed by atoms with van der Waals surface area (Å²) in [7, 11) is 0. The van der Waals surface area contributed by atoms with E-state index in [2.05, 4.69) is 18.5 Å². The highest BCUT2D eigenvalue weighted by atomic mass is 16.3. The molecule has 0 aromatic heterocycles. The molecule has 0 aromatic rings. The average Bonchev–Trinajstić information content (AvgIpc) is 1.61. The molecule has 40 valence electrons. The molecule has 0 unspecified atom stereocenters. The van der Waals surface area contributed by atoms with E-state index >= 15 is 0 Å². The first-order valence-electron chi connectivity index (χ1n) is 1.98. The minimum Gasteiger partial charge on any atom is -0.511 e. The third-order valence-corrected chi connectivity index (χ3v) is 0.450. The van der Waals surface area contributed by atoms with Crippen LogP contribution in [0.5, 0.6) is 0 Å². The van der Waals surface area contributed by atoms with Crippen LogP contribution in [0.25, 0.3) is 0 Å². The molecule has 0 rings (SSSR count). The van der Waals surface area contributed by atoms with Crippen LogP contribution in [0.3, 0.4) is 0 Å². The Labute approximate surface area is 43.2 Å². The fraction of sp³-hybridized carbons (Fsp3) is 0.200. The minimum absolute atomic E-state index is 0.125. The van der Waals surface area contributed by atoms with E-state index < -0.39 is 0 Å². The van der Waals surface area contributed by atoms with E-state index in [1.165, 1.54) is 6.20 Å². The summed E-state index contributed by atoms with van der Waals surface area (Å²) < 4.78 is 0. The van der Waals surface area contributed by atoms with Crippen molar-refractivity contribution in [1.29, 1.82) is 0 Å². The van der Waals surface area contributed by atoms with E-state index in [1.807, 2.05) is 0 Å². The first-order chi connectivity index (χ1) is 3.27. The van der Waals surface area contributed by atoms with Gasteiger partial charge in [0, 0.05) is 0 Å². The number of nitrogens with one attached hydrogen (secondary N) is 1. The van der Waals surface area contributed by atoms with Crippen LogP contribution in [0.1, 0.15) is 0 Å². The summed E-state index contributed by atoms with van der Waals surface area (Å²) in [6.07, 6.45) is 1.50. The number of hydrogen-bond donors (Lipinski definition) is 2. The fourth-order valence-electron chi connectivity index (χ4n) is 0.190. The van der Waals surface area contributed by atoms with Crippen molar-refractivity contribution in [1.82, 2.24) is 5.32 Å². The van der Waals surface area contributed by atoms with E-state index in [0.29, 0.717) is 6.54 Å². The number of hydrogen-bond acceptors (Lipinski definition) is 2. The van der Waals surface area contributed by atoms with E-state index in [0.717, 1.165) is 0 Å². The van der Waals surface area contributed by atoms with Crippen LogP contribution in [0.4, 0.5) is 0 Å². The van der Waals surface area contributed by atoms with Crippen LogP contribution in [0.15, 0.2) is 25.1 Å². The van der Waals surface area contributed by atoms with Crippen molar-refractivity contribution in [3.8, 4) is 0 Å². The second-order valence-corrected chi connectivity index (χ2v) is 1.15. The molecule has 7 heavy (non-hydrogen) atoms. The molecule has 0 amide bonds. The fourth-order valence-corrected chi connectivity index (χ4v) is 0.190. The van der Waals surface area contributed by atoms with Gasteiger partial charge in [0.25, 0.3) is 0 Å². The summed E-state index contributed by atoms with van der Waals surface area (Å²) >= 11 is 0. The zero-order valence-electron chi connectivity index (χ0n) is 4.15. The number of aliphatic hydroxyl groups is 1. The molecule has 0 spiro atoms. The Morgan fingerprint density at radius 2 is 2.43 bits per heavy atom. The molecule has 0 aliphatic heterocycles. The number of rotatable bonds is 3. The molecule has 0 bridgehead atoms. The molecule has 0 fully saturated rings. The molecule has 2 heteroatoms. The van der Waals surface area contributed by atoms with Crippen molar-refractivity contribution >= 4 is 0 Å². The summed E-state index contributed by atoms with van der Waals surface area (Å²) in [4.78, 5) is 0. The highest BCUT2D eigenvalue weighted by molar-refractivity contribution is 4.83. The van der Waals surface area contributed by atoms with Gasteiger partial charge in [-0.1, -0.05) is 13.2 Å². The normalized spacial score (nSPS) is 7.43. The second kappa shape index (κ2) is 3.28. The van der Waals surface area contributed by atoms with Crippen LogP contribution in [0, 0.1) is 0 Å². The molecular weight excluding hydrogens is 90.1 g/mol. The van der Waals surface area contributed by atoms with Crippen LogP contribution in [-0.4, -0.2) is 11.7 Å². The molecule has 0 atom stereocenters. The Morgan fingerprint density at radius 1 is 1.86 bits per heavy atom. The maximum absolute atomic E-state index is 8.38. The monoisotopic (exact) mass is 99.1 g/mol. The Balaban J connectivity index is 2.97. The molecule has 0 saturated carbocycles. The molecule has 2 nitrogen and oxygen atoms in total. The third kappa shape index (κ3) is 5.08. The van der Waals surface area contributed by atoms with Crippen LogP contribution in [0.2, 0.25) is 0 Å². The van der Waals surface area contributed by atoms with Gasteiger partial charge in [-0.2, -0.15) is 0 Å². The van der Waals surface area contributed by atoms with Gasteiger partial charge in [0.15, 0.2) is 0 Å². The van der Waals surface area contributed by atoms with E-state index in [4.69, 9.17) is 5.11 Å². The van der Waals surface area contributed by atoms with Gasteiger partial charge in [-0.3, -0.25) is 0 Å². The highest BCUT2D eigenvalue weighted by Crippen LogP contribution is 1.73. The average molecular weight is 99.1 g/mol. The Hall–Kier alpha value is -0.920. The lowest BCUT2D eigenvalue weighted by Gasteiger charge is -1.93. The lowest BCUT2D eigenvalue weighted by atomic mass is 10.6. The summed E-state index contributed by atoms with van der Waals surface area (Å²) in [6, 6.07) is 0. The summed E-state index contributed by atoms with van der Waals surface area (Å²) in [6.45, 7) is 7.00. The van der Waals surface area contributed by atoms with E-state index in [1.54, 1.807) is 0 Å². The van der Waals surface area contributed by atoms with Gasteiger partial charge in [-0.15, -0.1) is 0 Å². The van der Waals surface area contributed by atoms with Crippen LogP contribution >= 0.6 is 0 Å². The van der Waals surface area contributed by atoms with Crippen LogP contribution < -0.4 is 5.32 Å². The molecule has 0 aliphatic carbocycles. The maximum atomic E-state index is 8.38. The standard InChI is InChI=1S/C5H9NO/c1-3-6-4-5(2)7/h3,6-7H,1-2,4H2. The lowest BCUT2D eigenvalue weighted by molar-refractivity contribution is 0.399. The molecule has 2 N–H and O–H groups in total. The maximum Gasteiger partial charge on any atom is 0.104 e. The van der Waals surface area contributed by atoms with Crippen molar-refractivity contribution < 1.29 is 5.11 Å². The smallest absolute Gasteiger partial charge is 0.104 e. The molecular formula is C5H9NO. The minimum atomic E-state index is 0.125. The van der Waals surface area contributed by atoms with Gasteiger partial charge in [0.05, 0.1) is 6.54 Å². The summed E-state index contributed by atoms with van der Waals surface area (Å²) in [5.74, 6) is 0.125. The van der Waals surface area contributed by atoms with Crippen molar-refractivity contribution in [2.75, 3.05) is 6.54 Å². The summed E-state index contributed by atoms with van der Waals surface area (Å²) in [5.41, 5.74) is 0. The van der Waals surface area contributed by atoms with Gasteiger partial charge >= 0.3 is 0 Å². The quantitative estimate of drug-likeness (QED) is 0.513. The molecule has 0 saturated heterocycles. The van der Waals surface area contributed by atoms with Crippen molar-refractivity contribution in [2.24, 2.45) is 0 Å². The summed E-state index contributed by atoms with van der Waals surface area (Å²) in [5, 5.41) is 11.0. The zero-order valence-corrected chi connectivity index (χ0v) is 4.15. The van der Waals surface area contributed by atoms with Gasteiger partial charge in [-0.05, 0) is 6.20 Å². The van der Waals surface area contributed by atoms with Gasteiger partial charge in [0.1, 0.15) is 5.76 Å². The Bertz CT molecular complexity index is 78.1. The van der Waals surface area contributed by atoms with E-state index in [-0.39, 0.29) is 5.76 Å². The van der Waals surface area contributed by atoms with Gasteiger partial charge in [-0.25, -0.2) is 0 Å². The first kappa shape index (κ1) is 6.08. The number of aliphatic hydroxyl groups excluding tert-OH is 1. The Kier molecular flexibility index (Phi) is 2.85. The zero-order chi connectivity index (χ0) is 5.70. The van der Waals surface area contributed by atoms with Gasteiger partial charge in [0.2, 0.25) is 0 Å². The molecule has 0 heterocycles. The van der Waals surface area contributed by atoms with Crippen LogP contribution in [-0.2, 0) is 0 Å². The molecule has 0 aromatic carbocycles.